The van der Waals surface area contributed by atoms with E-state index in [0.29, 0.717) is 15.7 Å². The van der Waals surface area contributed by atoms with Gasteiger partial charge in [-0.1, -0.05) is 34.1 Å². The summed E-state index contributed by atoms with van der Waals surface area (Å²) in [5.74, 6) is -1.08. The normalized spacial score (nSPS) is 11.2. The smallest absolute Gasteiger partial charge is 0.337 e. The molecule has 5 nitrogen and oxygen atoms in total. The van der Waals surface area contributed by atoms with E-state index in [1.807, 2.05) is 30.3 Å². The molecule has 4 rings (SSSR count). The first-order valence-corrected chi connectivity index (χ1v) is 8.01. The number of benzene rings is 2. The largest absolute Gasteiger partial charge is 0.478 e. The number of hydrogen-bond donors (Lipinski definition) is 2. The van der Waals surface area contributed by atoms with Crippen LogP contribution in [0.2, 0.25) is 0 Å². The zero-order chi connectivity index (χ0) is 16.8. The molecular formula is C18H11BrN2O3. The van der Waals surface area contributed by atoms with Crippen LogP contribution in [-0.2, 0) is 0 Å². The van der Waals surface area contributed by atoms with Crippen molar-refractivity contribution in [2.45, 2.75) is 0 Å². The Morgan fingerprint density at radius 3 is 2.67 bits per heavy atom. The molecule has 0 radical (unpaired) electrons. The second kappa shape index (κ2) is 5.35. The van der Waals surface area contributed by atoms with E-state index in [0.717, 1.165) is 16.3 Å². The first-order valence-electron chi connectivity index (χ1n) is 7.21. The Hall–Kier alpha value is -2.86. The van der Waals surface area contributed by atoms with Crippen LogP contribution in [0.25, 0.3) is 27.5 Å². The molecule has 0 aliphatic rings. The second-order valence-corrected chi connectivity index (χ2v) is 6.33. The average Bonchev–Trinajstić information content (AvgIpc) is 2.94. The Morgan fingerprint density at radius 1 is 1.08 bits per heavy atom. The highest BCUT2D eigenvalue weighted by atomic mass is 79.9. The molecule has 0 saturated carbocycles. The Kier molecular flexibility index (Phi) is 3.28. The van der Waals surface area contributed by atoms with Crippen molar-refractivity contribution in [2.24, 2.45) is 0 Å². The van der Waals surface area contributed by atoms with Gasteiger partial charge in [0.15, 0.2) is 0 Å². The van der Waals surface area contributed by atoms with Gasteiger partial charge in [-0.05, 0) is 30.3 Å². The Bertz CT molecular complexity index is 1170. The predicted molar refractivity (Wildman–Crippen MR) is 96.1 cm³/mol. The molecule has 0 bridgehead atoms. The van der Waals surface area contributed by atoms with Crippen LogP contribution in [-0.4, -0.2) is 20.6 Å². The number of nitrogens with zero attached hydrogens (tertiary/aromatic N) is 1. The lowest BCUT2D eigenvalue weighted by molar-refractivity contribution is 0.0697. The van der Waals surface area contributed by atoms with Crippen molar-refractivity contribution in [3.63, 3.8) is 0 Å². The van der Waals surface area contributed by atoms with Crippen LogP contribution >= 0.6 is 15.9 Å². The molecule has 118 valence electrons. The number of rotatable bonds is 2. The number of aromatic amines is 1. The zero-order valence-electron chi connectivity index (χ0n) is 12.3. The van der Waals surface area contributed by atoms with Crippen LogP contribution in [0.1, 0.15) is 10.4 Å². The summed E-state index contributed by atoms with van der Waals surface area (Å²) >= 11 is 3.33. The van der Waals surface area contributed by atoms with Crippen molar-refractivity contribution >= 4 is 43.7 Å². The maximum absolute atomic E-state index is 12.9. The van der Waals surface area contributed by atoms with Gasteiger partial charge in [0.2, 0.25) is 0 Å². The number of aromatic carboxylic acids is 1. The van der Waals surface area contributed by atoms with Crippen molar-refractivity contribution in [3.8, 4) is 5.69 Å². The van der Waals surface area contributed by atoms with Crippen molar-refractivity contribution in [3.05, 3.63) is 75.1 Å². The van der Waals surface area contributed by atoms with Crippen LogP contribution < -0.4 is 5.56 Å². The Balaban J connectivity index is 2.07. The quantitative estimate of drug-likeness (QED) is 0.551. The molecule has 6 heteroatoms. The van der Waals surface area contributed by atoms with E-state index in [4.69, 9.17) is 0 Å². The van der Waals surface area contributed by atoms with Crippen LogP contribution in [0, 0.1) is 0 Å². The molecule has 0 spiro atoms. The molecule has 4 aromatic rings. The lowest BCUT2D eigenvalue weighted by Crippen LogP contribution is -2.20. The fourth-order valence-electron chi connectivity index (χ4n) is 2.92. The number of para-hydroxylation sites is 1. The third kappa shape index (κ3) is 2.15. The molecule has 2 N–H and O–H groups in total. The number of aromatic nitrogens is 2. The number of halogens is 1. The lowest BCUT2D eigenvalue weighted by atomic mass is 10.1. The van der Waals surface area contributed by atoms with Crippen LogP contribution in [0.5, 0.6) is 0 Å². The van der Waals surface area contributed by atoms with E-state index >= 15 is 0 Å². The fourth-order valence-corrected chi connectivity index (χ4v) is 3.27. The van der Waals surface area contributed by atoms with Crippen molar-refractivity contribution in [1.82, 2.24) is 9.55 Å². The number of nitrogens with one attached hydrogen (secondary N) is 1. The van der Waals surface area contributed by atoms with Gasteiger partial charge in [-0.15, -0.1) is 0 Å². The van der Waals surface area contributed by atoms with E-state index in [2.05, 4.69) is 20.9 Å². The maximum atomic E-state index is 12.9. The average molecular weight is 383 g/mol. The highest BCUT2D eigenvalue weighted by Gasteiger charge is 2.16. The molecule has 2 aromatic heterocycles. The van der Waals surface area contributed by atoms with Gasteiger partial charge >= 0.3 is 5.97 Å². The van der Waals surface area contributed by atoms with Gasteiger partial charge in [0, 0.05) is 27.0 Å². The third-order valence-corrected chi connectivity index (χ3v) is 4.51. The molecule has 0 amide bonds. The van der Waals surface area contributed by atoms with Crippen molar-refractivity contribution < 1.29 is 9.90 Å². The number of pyridine rings is 1. The molecule has 0 fully saturated rings. The minimum Gasteiger partial charge on any atom is -0.478 e. The number of hydrogen-bond acceptors (Lipinski definition) is 2. The molecule has 2 heterocycles. The van der Waals surface area contributed by atoms with Crippen molar-refractivity contribution in [1.29, 1.82) is 0 Å². The topological polar surface area (TPSA) is 75.1 Å². The monoisotopic (exact) mass is 382 g/mol. The SMILES string of the molecule is O=C(O)c1ccc(Br)cc1-n1ccc2c([nH]c3ccccc32)c1=O. The van der Waals surface area contributed by atoms with Gasteiger partial charge < -0.3 is 10.1 Å². The molecular weight excluding hydrogens is 372 g/mol. The van der Waals surface area contributed by atoms with E-state index in [-0.39, 0.29) is 11.1 Å². The maximum Gasteiger partial charge on any atom is 0.337 e. The van der Waals surface area contributed by atoms with Crippen LogP contribution in [0.4, 0.5) is 0 Å². The first kappa shape index (κ1) is 14.7. The standard InChI is InChI=1S/C18H11BrN2O3/c19-10-5-6-13(18(23)24)15(9-10)21-8-7-12-11-3-1-2-4-14(11)20-16(12)17(21)22/h1-9,20H,(H,23,24). The number of carboxylic acid groups (broad SMARTS) is 1. The highest BCUT2D eigenvalue weighted by molar-refractivity contribution is 9.10. The number of H-pyrrole nitrogens is 1. The minimum absolute atomic E-state index is 0.0655. The van der Waals surface area contributed by atoms with Gasteiger partial charge in [-0.25, -0.2) is 4.79 Å². The molecule has 0 aliphatic carbocycles. The van der Waals surface area contributed by atoms with Gasteiger partial charge in [-0.2, -0.15) is 0 Å². The van der Waals surface area contributed by atoms with Gasteiger partial charge in [-0.3, -0.25) is 9.36 Å². The zero-order valence-corrected chi connectivity index (χ0v) is 13.9. The lowest BCUT2D eigenvalue weighted by Gasteiger charge is -2.10. The fraction of sp³-hybridized carbons (Fsp3) is 0. The number of fused-ring (bicyclic) bond motifs is 3. The van der Waals surface area contributed by atoms with Crippen molar-refractivity contribution in [2.75, 3.05) is 0 Å². The van der Waals surface area contributed by atoms with Gasteiger partial charge in [0.25, 0.3) is 5.56 Å². The summed E-state index contributed by atoms with van der Waals surface area (Å²) in [6.07, 6.45) is 1.61. The summed E-state index contributed by atoms with van der Waals surface area (Å²) in [6, 6.07) is 14.2. The summed E-state index contributed by atoms with van der Waals surface area (Å²) < 4.78 is 2.05. The summed E-state index contributed by atoms with van der Waals surface area (Å²) in [6.45, 7) is 0. The molecule has 2 aromatic carbocycles. The summed E-state index contributed by atoms with van der Waals surface area (Å²) in [5.41, 5.74) is 1.42. The van der Waals surface area contributed by atoms with Crippen LogP contribution in [0.15, 0.2) is 64.0 Å². The van der Waals surface area contributed by atoms with Gasteiger partial charge in [0.05, 0.1) is 11.3 Å². The third-order valence-electron chi connectivity index (χ3n) is 4.02. The second-order valence-electron chi connectivity index (χ2n) is 5.42. The summed E-state index contributed by atoms with van der Waals surface area (Å²) in [4.78, 5) is 27.5. The van der Waals surface area contributed by atoms with E-state index < -0.39 is 5.97 Å². The minimum atomic E-state index is -1.08. The van der Waals surface area contributed by atoms with E-state index in [9.17, 15) is 14.7 Å². The highest BCUT2D eigenvalue weighted by Crippen LogP contribution is 2.25. The molecule has 0 saturated heterocycles. The van der Waals surface area contributed by atoms with E-state index in [1.165, 1.54) is 10.6 Å². The summed E-state index contributed by atoms with van der Waals surface area (Å²) in [7, 11) is 0. The number of carboxylic acids is 1. The summed E-state index contributed by atoms with van der Waals surface area (Å²) in [5, 5.41) is 11.2. The van der Waals surface area contributed by atoms with E-state index in [1.54, 1.807) is 18.3 Å². The molecule has 0 atom stereocenters. The molecule has 0 unspecified atom stereocenters. The molecule has 24 heavy (non-hydrogen) atoms. The molecule has 0 aliphatic heterocycles. The van der Waals surface area contributed by atoms with Crippen LogP contribution in [0.3, 0.4) is 0 Å². The Labute approximate surface area is 144 Å². The van der Waals surface area contributed by atoms with Gasteiger partial charge in [0.1, 0.15) is 5.52 Å². The predicted octanol–water partition coefficient (Wildman–Crippen LogP) is 3.93. The first-order chi connectivity index (χ1) is 11.6. The Morgan fingerprint density at radius 2 is 1.88 bits per heavy atom. The number of carbonyl (C=O) groups is 1.